The van der Waals surface area contributed by atoms with Crippen molar-refractivity contribution in [3.63, 3.8) is 0 Å². The first kappa shape index (κ1) is 13.0. The maximum atomic E-state index is 4.07. The summed E-state index contributed by atoms with van der Waals surface area (Å²) in [5.41, 5.74) is 5.23. The first-order valence-corrected chi connectivity index (χ1v) is 5.33. The third kappa shape index (κ3) is 1.95. The fourth-order valence-electron chi connectivity index (χ4n) is 1.98. The van der Waals surface area contributed by atoms with Gasteiger partial charge in [-0.2, -0.15) is 0 Å². The van der Waals surface area contributed by atoms with Crippen molar-refractivity contribution in [1.29, 1.82) is 0 Å². The molecule has 1 aromatic rings. The van der Waals surface area contributed by atoms with Gasteiger partial charge in [0.1, 0.15) is 0 Å². The van der Waals surface area contributed by atoms with E-state index >= 15 is 0 Å². The summed E-state index contributed by atoms with van der Waals surface area (Å²) < 4.78 is 0. The van der Waals surface area contributed by atoms with Gasteiger partial charge in [-0.3, -0.25) is 9.98 Å². The van der Waals surface area contributed by atoms with Crippen LogP contribution in [-0.2, 0) is 0 Å². The van der Waals surface area contributed by atoms with E-state index in [1.165, 1.54) is 0 Å². The van der Waals surface area contributed by atoms with Gasteiger partial charge in [0.05, 0.1) is 28.4 Å². The minimum absolute atomic E-state index is 0.790. The molecule has 0 unspecified atom stereocenters. The van der Waals surface area contributed by atoms with Gasteiger partial charge in [-0.15, -0.1) is 0 Å². The molecule has 0 saturated heterocycles. The van der Waals surface area contributed by atoms with Crippen LogP contribution >= 0.6 is 0 Å². The molecular weight excluding hydrogens is 214 g/mol. The summed E-state index contributed by atoms with van der Waals surface area (Å²) >= 11 is 0. The highest BCUT2D eigenvalue weighted by molar-refractivity contribution is 5.99. The minimum atomic E-state index is 0.790. The second kappa shape index (κ2) is 5.34. The number of rotatable bonds is 5. The maximum Gasteiger partial charge on any atom is 0.0927 e. The van der Waals surface area contributed by atoms with Crippen molar-refractivity contribution in [1.82, 2.24) is 0 Å². The zero-order valence-electron chi connectivity index (χ0n) is 10.8. The number of nitrogens with zero attached hydrogens (tertiary/aromatic N) is 2. The molecule has 0 saturated carbocycles. The smallest absolute Gasteiger partial charge is 0.0927 e. The predicted molar refractivity (Wildman–Crippen MR) is 78.2 cm³/mol. The summed E-state index contributed by atoms with van der Waals surface area (Å²) in [6, 6.07) is 0. The van der Waals surface area contributed by atoms with Crippen molar-refractivity contribution in [2.24, 2.45) is 9.98 Å². The average Bonchev–Trinajstić information content (AvgIpc) is 2.36. The Kier molecular flexibility index (Phi) is 4.09. The normalized spacial score (nSPS) is 9.65. The second-order valence-corrected chi connectivity index (χ2v) is 3.51. The Morgan fingerprint density at radius 3 is 1.35 bits per heavy atom. The average molecular weight is 233 g/mol. The van der Waals surface area contributed by atoms with Crippen LogP contribution in [0.15, 0.2) is 9.98 Å². The molecule has 0 aliphatic heterocycles. The number of anilines is 3. The van der Waals surface area contributed by atoms with Gasteiger partial charge in [0, 0.05) is 26.7 Å². The molecule has 0 aromatic heterocycles. The van der Waals surface area contributed by atoms with Gasteiger partial charge in [-0.1, -0.05) is 0 Å². The van der Waals surface area contributed by atoms with Crippen molar-refractivity contribution in [3.05, 3.63) is 5.56 Å². The van der Waals surface area contributed by atoms with E-state index in [0.29, 0.717) is 0 Å². The Balaban J connectivity index is 3.78. The highest BCUT2D eigenvalue weighted by Gasteiger charge is 2.18. The molecule has 1 aromatic carbocycles. The summed E-state index contributed by atoms with van der Waals surface area (Å²) in [6.07, 6.45) is 0. The van der Waals surface area contributed by atoms with E-state index in [9.17, 15) is 0 Å². The maximum absolute atomic E-state index is 4.07. The Labute approximate surface area is 102 Å². The van der Waals surface area contributed by atoms with Crippen molar-refractivity contribution >= 4 is 41.9 Å². The van der Waals surface area contributed by atoms with E-state index < -0.39 is 0 Å². The van der Waals surface area contributed by atoms with E-state index in [4.69, 9.17) is 0 Å². The molecule has 0 amide bonds. The highest BCUT2D eigenvalue weighted by Crippen LogP contribution is 2.48. The molecule has 3 N–H and O–H groups in total. The lowest BCUT2D eigenvalue weighted by atomic mass is 10.1. The molecule has 0 bridgehead atoms. The first-order valence-electron chi connectivity index (χ1n) is 5.33. The number of benzene rings is 1. The van der Waals surface area contributed by atoms with Gasteiger partial charge < -0.3 is 16.0 Å². The molecule has 5 heteroatoms. The second-order valence-electron chi connectivity index (χ2n) is 3.51. The van der Waals surface area contributed by atoms with Crippen molar-refractivity contribution in [2.75, 3.05) is 37.1 Å². The lowest BCUT2D eigenvalue weighted by molar-refractivity contribution is 1.32. The topological polar surface area (TPSA) is 60.8 Å². The van der Waals surface area contributed by atoms with E-state index in [2.05, 4.69) is 39.4 Å². The quantitative estimate of drug-likeness (QED) is 0.685. The minimum Gasteiger partial charge on any atom is -0.385 e. The van der Waals surface area contributed by atoms with Gasteiger partial charge in [0.15, 0.2) is 0 Å². The number of nitrogens with one attached hydrogen (secondary N) is 3. The van der Waals surface area contributed by atoms with Crippen LogP contribution in [-0.4, -0.2) is 34.6 Å². The Morgan fingerprint density at radius 1 is 0.765 bits per heavy atom. The van der Waals surface area contributed by atoms with Crippen LogP contribution < -0.4 is 16.0 Å². The predicted octanol–water partition coefficient (Wildman–Crippen LogP) is 2.78. The zero-order valence-corrected chi connectivity index (χ0v) is 10.8. The SMILES string of the molecule is C=Nc1c(C)c(N=C)c(NC)c(NC)c1NC. The molecule has 5 nitrogen and oxygen atoms in total. The fraction of sp³-hybridized carbons (Fsp3) is 0.333. The van der Waals surface area contributed by atoms with Gasteiger partial charge in [0.25, 0.3) is 0 Å². The van der Waals surface area contributed by atoms with E-state index in [1.807, 2.05) is 28.1 Å². The Hall–Kier alpha value is -2.04. The molecule has 17 heavy (non-hydrogen) atoms. The number of aliphatic imine (C=N–C) groups is 2. The third-order valence-electron chi connectivity index (χ3n) is 2.75. The van der Waals surface area contributed by atoms with E-state index in [1.54, 1.807) is 0 Å². The molecule has 0 aliphatic carbocycles. The van der Waals surface area contributed by atoms with Crippen LogP contribution in [0.1, 0.15) is 5.56 Å². The Bertz CT molecular complexity index is 414. The Morgan fingerprint density at radius 2 is 1.12 bits per heavy atom. The van der Waals surface area contributed by atoms with Gasteiger partial charge in [-0.05, 0) is 20.4 Å². The molecule has 92 valence electrons. The van der Waals surface area contributed by atoms with Crippen LogP contribution in [0, 0.1) is 6.92 Å². The standard InChI is InChI=1S/C12H19N5/c1-7-8(13-2)10(15-4)12(17-6)11(16-5)9(7)14-3/h15-17H,2-3H2,1,4-6H3. The molecular formula is C12H19N5. The first-order chi connectivity index (χ1) is 8.15. The molecule has 0 radical (unpaired) electrons. The van der Waals surface area contributed by atoms with E-state index in [0.717, 1.165) is 34.0 Å². The molecule has 0 heterocycles. The van der Waals surface area contributed by atoms with Crippen LogP contribution in [0.5, 0.6) is 0 Å². The monoisotopic (exact) mass is 233 g/mol. The molecule has 0 fully saturated rings. The fourth-order valence-corrected chi connectivity index (χ4v) is 1.98. The van der Waals surface area contributed by atoms with E-state index in [-0.39, 0.29) is 0 Å². The molecule has 1 rings (SSSR count). The van der Waals surface area contributed by atoms with Gasteiger partial charge in [0.2, 0.25) is 0 Å². The third-order valence-corrected chi connectivity index (χ3v) is 2.75. The van der Waals surface area contributed by atoms with Gasteiger partial charge in [-0.25, -0.2) is 0 Å². The van der Waals surface area contributed by atoms with Crippen LogP contribution in [0.3, 0.4) is 0 Å². The summed E-state index contributed by atoms with van der Waals surface area (Å²) in [6.45, 7) is 9.17. The van der Waals surface area contributed by atoms with Crippen LogP contribution in [0.25, 0.3) is 0 Å². The molecule has 0 aliphatic rings. The lowest BCUT2D eigenvalue weighted by Gasteiger charge is -2.20. The summed E-state index contributed by atoms with van der Waals surface area (Å²) in [5, 5.41) is 9.41. The number of hydrogen-bond donors (Lipinski definition) is 3. The summed E-state index contributed by atoms with van der Waals surface area (Å²) in [7, 11) is 5.56. The number of hydrogen-bond acceptors (Lipinski definition) is 5. The van der Waals surface area contributed by atoms with Crippen molar-refractivity contribution < 1.29 is 0 Å². The van der Waals surface area contributed by atoms with Crippen LogP contribution in [0.2, 0.25) is 0 Å². The zero-order chi connectivity index (χ0) is 13.0. The van der Waals surface area contributed by atoms with Gasteiger partial charge >= 0.3 is 0 Å². The molecule has 0 atom stereocenters. The highest BCUT2D eigenvalue weighted by atomic mass is 15.0. The lowest BCUT2D eigenvalue weighted by Crippen LogP contribution is -2.03. The van der Waals surface area contributed by atoms with Crippen LogP contribution in [0.4, 0.5) is 28.4 Å². The van der Waals surface area contributed by atoms with Crippen molar-refractivity contribution in [3.8, 4) is 0 Å². The summed E-state index contributed by atoms with van der Waals surface area (Å²) in [4.78, 5) is 8.13. The molecule has 0 spiro atoms. The van der Waals surface area contributed by atoms with Crippen molar-refractivity contribution in [2.45, 2.75) is 6.92 Å². The largest absolute Gasteiger partial charge is 0.385 e. The summed E-state index contributed by atoms with van der Waals surface area (Å²) in [5.74, 6) is 0.